The van der Waals surface area contributed by atoms with E-state index in [9.17, 15) is 4.79 Å². The minimum Gasteiger partial charge on any atom is -0.481 e. The van der Waals surface area contributed by atoms with E-state index in [1.165, 1.54) is 0 Å². The van der Waals surface area contributed by atoms with Gasteiger partial charge in [-0.25, -0.2) is 0 Å². The molecule has 0 aliphatic heterocycles. The Morgan fingerprint density at radius 3 is 2.64 bits per heavy atom. The summed E-state index contributed by atoms with van der Waals surface area (Å²) in [5.74, 6) is -0.674. The van der Waals surface area contributed by atoms with Crippen molar-refractivity contribution < 1.29 is 9.90 Å². The standard InChI is InChI=1S/C11H13NO2/c1-6-3-4-7(10(13)14)9-8(6)11(9,2)5-12/h3-4,6-9H,1-2H3,(H,13,14)/t6-,7+,8+,9-,11+/m0/s1. The van der Waals surface area contributed by atoms with Gasteiger partial charge >= 0.3 is 5.97 Å². The number of rotatable bonds is 1. The highest BCUT2D eigenvalue weighted by atomic mass is 16.4. The topological polar surface area (TPSA) is 61.1 Å². The second-order valence-corrected chi connectivity index (χ2v) is 4.55. The van der Waals surface area contributed by atoms with E-state index >= 15 is 0 Å². The lowest BCUT2D eigenvalue weighted by atomic mass is 9.90. The Morgan fingerprint density at radius 2 is 2.14 bits per heavy atom. The Kier molecular flexibility index (Phi) is 1.72. The van der Waals surface area contributed by atoms with Gasteiger partial charge in [0.15, 0.2) is 0 Å². The van der Waals surface area contributed by atoms with Crippen LogP contribution in [-0.4, -0.2) is 11.1 Å². The number of carboxylic acids is 1. The fourth-order valence-corrected chi connectivity index (χ4v) is 2.97. The summed E-state index contributed by atoms with van der Waals surface area (Å²) in [5, 5.41) is 18.0. The largest absolute Gasteiger partial charge is 0.481 e. The van der Waals surface area contributed by atoms with E-state index in [4.69, 9.17) is 10.4 Å². The van der Waals surface area contributed by atoms with Gasteiger partial charge in [0, 0.05) is 0 Å². The summed E-state index contributed by atoms with van der Waals surface area (Å²) in [6, 6.07) is 2.27. The van der Waals surface area contributed by atoms with Crippen LogP contribution in [0.2, 0.25) is 0 Å². The monoisotopic (exact) mass is 191 g/mol. The van der Waals surface area contributed by atoms with Crippen molar-refractivity contribution in [1.82, 2.24) is 0 Å². The maximum atomic E-state index is 10.9. The van der Waals surface area contributed by atoms with Gasteiger partial charge in [0.2, 0.25) is 0 Å². The van der Waals surface area contributed by atoms with Crippen LogP contribution in [0.4, 0.5) is 0 Å². The minimum absolute atomic E-state index is 0.0185. The van der Waals surface area contributed by atoms with Crippen molar-refractivity contribution in [2.75, 3.05) is 0 Å². The van der Waals surface area contributed by atoms with Crippen molar-refractivity contribution in [3.05, 3.63) is 12.2 Å². The molecule has 2 aliphatic carbocycles. The Hall–Kier alpha value is -1.30. The van der Waals surface area contributed by atoms with Crippen molar-refractivity contribution in [3.63, 3.8) is 0 Å². The first-order valence-electron chi connectivity index (χ1n) is 4.84. The zero-order valence-electron chi connectivity index (χ0n) is 8.27. The molecule has 3 nitrogen and oxygen atoms in total. The molecule has 0 unspecified atom stereocenters. The molecule has 1 fully saturated rings. The first-order valence-corrected chi connectivity index (χ1v) is 4.84. The van der Waals surface area contributed by atoms with Crippen molar-refractivity contribution in [1.29, 1.82) is 5.26 Å². The van der Waals surface area contributed by atoms with Gasteiger partial charge in [0.05, 0.1) is 17.4 Å². The molecule has 0 aromatic rings. The molecule has 2 aliphatic rings. The first-order chi connectivity index (χ1) is 6.52. The number of allylic oxidation sites excluding steroid dienone is 1. The zero-order chi connectivity index (χ0) is 10.5. The third-order valence-corrected chi connectivity index (χ3v) is 3.76. The molecule has 1 saturated carbocycles. The summed E-state index contributed by atoms with van der Waals surface area (Å²) >= 11 is 0. The molecular formula is C11H13NO2. The Morgan fingerprint density at radius 1 is 1.50 bits per heavy atom. The molecule has 74 valence electrons. The van der Waals surface area contributed by atoms with E-state index in [2.05, 4.69) is 13.0 Å². The van der Waals surface area contributed by atoms with Crippen LogP contribution in [0.25, 0.3) is 0 Å². The summed E-state index contributed by atoms with van der Waals surface area (Å²) in [4.78, 5) is 10.9. The van der Waals surface area contributed by atoms with Gasteiger partial charge in [-0.15, -0.1) is 0 Å². The van der Waals surface area contributed by atoms with E-state index < -0.39 is 17.3 Å². The van der Waals surface area contributed by atoms with Crippen LogP contribution in [-0.2, 0) is 4.79 Å². The average Bonchev–Trinajstić information content (AvgIpc) is 2.75. The number of hydrogen-bond acceptors (Lipinski definition) is 2. The van der Waals surface area contributed by atoms with Gasteiger partial charge in [-0.2, -0.15) is 5.26 Å². The summed E-state index contributed by atoms with van der Waals surface area (Å²) in [5.41, 5.74) is -0.425. The molecule has 5 atom stereocenters. The van der Waals surface area contributed by atoms with Crippen LogP contribution in [0.15, 0.2) is 12.2 Å². The number of fused-ring (bicyclic) bond motifs is 1. The lowest BCUT2D eigenvalue weighted by Gasteiger charge is -2.14. The number of hydrogen-bond donors (Lipinski definition) is 1. The summed E-state index contributed by atoms with van der Waals surface area (Å²) in [6.45, 7) is 3.93. The molecule has 0 saturated heterocycles. The predicted molar refractivity (Wildman–Crippen MR) is 50.1 cm³/mol. The molecule has 0 aromatic carbocycles. The highest BCUT2D eigenvalue weighted by Gasteiger charge is 2.68. The molecule has 14 heavy (non-hydrogen) atoms. The first kappa shape index (κ1) is 9.26. The molecule has 0 heterocycles. The molecule has 0 spiro atoms. The van der Waals surface area contributed by atoms with Gasteiger partial charge in [0.1, 0.15) is 0 Å². The lowest BCUT2D eigenvalue weighted by molar-refractivity contribution is -0.141. The molecule has 0 bridgehead atoms. The maximum Gasteiger partial charge on any atom is 0.310 e. The normalized spacial score (nSPS) is 49.2. The van der Waals surface area contributed by atoms with E-state index in [-0.39, 0.29) is 11.8 Å². The van der Waals surface area contributed by atoms with Crippen molar-refractivity contribution in [2.45, 2.75) is 13.8 Å². The fraction of sp³-hybridized carbons (Fsp3) is 0.636. The molecule has 0 radical (unpaired) electrons. The number of aliphatic carboxylic acids is 1. The van der Waals surface area contributed by atoms with Crippen LogP contribution in [0.1, 0.15) is 13.8 Å². The average molecular weight is 191 g/mol. The van der Waals surface area contributed by atoms with Crippen LogP contribution >= 0.6 is 0 Å². The van der Waals surface area contributed by atoms with Crippen LogP contribution < -0.4 is 0 Å². The van der Waals surface area contributed by atoms with Crippen molar-refractivity contribution in [2.24, 2.45) is 29.1 Å². The second-order valence-electron chi connectivity index (χ2n) is 4.55. The molecule has 0 aromatic heterocycles. The van der Waals surface area contributed by atoms with E-state index in [1.54, 1.807) is 6.08 Å². The summed E-state index contributed by atoms with van der Waals surface area (Å²) in [7, 11) is 0. The van der Waals surface area contributed by atoms with Crippen molar-refractivity contribution >= 4 is 5.97 Å². The zero-order valence-corrected chi connectivity index (χ0v) is 8.27. The molecule has 0 amide bonds. The van der Waals surface area contributed by atoms with Crippen LogP contribution in [0.3, 0.4) is 0 Å². The van der Waals surface area contributed by atoms with Crippen molar-refractivity contribution in [3.8, 4) is 6.07 Å². The van der Waals surface area contributed by atoms with Gasteiger partial charge in [-0.05, 0) is 24.7 Å². The quantitative estimate of drug-likeness (QED) is 0.641. The highest BCUT2D eigenvalue weighted by Crippen LogP contribution is 2.67. The van der Waals surface area contributed by atoms with Gasteiger partial charge in [0.25, 0.3) is 0 Å². The van der Waals surface area contributed by atoms with Gasteiger partial charge in [-0.1, -0.05) is 19.1 Å². The number of nitrogens with zero attached hydrogens (tertiary/aromatic N) is 1. The third-order valence-electron chi connectivity index (χ3n) is 3.76. The van der Waals surface area contributed by atoms with E-state index in [0.29, 0.717) is 5.92 Å². The smallest absolute Gasteiger partial charge is 0.310 e. The van der Waals surface area contributed by atoms with Gasteiger partial charge in [-0.3, -0.25) is 4.79 Å². The lowest BCUT2D eigenvalue weighted by Crippen LogP contribution is -2.19. The molecular weight excluding hydrogens is 178 g/mol. The highest BCUT2D eigenvalue weighted by molar-refractivity contribution is 5.74. The summed E-state index contributed by atoms with van der Waals surface area (Å²) < 4.78 is 0. The number of carboxylic acid groups (broad SMARTS) is 1. The number of nitriles is 1. The van der Waals surface area contributed by atoms with Crippen LogP contribution in [0, 0.1) is 40.4 Å². The Labute approximate surface area is 83.0 Å². The fourth-order valence-electron chi connectivity index (χ4n) is 2.97. The van der Waals surface area contributed by atoms with Gasteiger partial charge < -0.3 is 5.11 Å². The van der Waals surface area contributed by atoms with E-state index in [0.717, 1.165) is 0 Å². The maximum absolute atomic E-state index is 10.9. The van der Waals surface area contributed by atoms with Crippen LogP contribution in [0.5, 0.6) is 0 Å². The SMILES string of the molecule is C[C@H]1C=C[C@@H](C(=O)O)[C@H]2[C@@H]1[C@@]2(C)C#N. The second kappa shape index (κ2) is 2.60. The third kappa shape index (κ3) is 0.942. The summed E-state index contributed by atoms with van der Waals surface area (Å²) in [6.07, 6.45) is 3.68. The molecule has 2 rings (SSSR count). The molecule has 1 N–H and O–H groups in total. The Balaban J connectivity index is 2.32. The molecule has 3 heteroatoms. The predicted octanol–water partition coefficient (Wildman–Crippen LogP) is 1.67. The minimum atomic E-state index is -0.804. The Bertz CT molecular complexity index is 355. The van der Waals surface area contributed by atoms with E-state index in [1.807, 2.05) is 13.0 Å². The number of carbonyl (C=O) groups is 1.